The summed E-state index contributed by atoms with van der Waals surface area (Å²) >= 11 is 5.88. The van der Waals surface area contributed by atoms with E-state index in [-0.39, 0.29) is 16.8 Å². The SMILES string of the molecule is COc1nc(NS(=O)(=O)c2cnc3cc(Cl)ccn23)c(F)cc1C1CC1. The number of anilines is 1. The number of nitrogens with zero attached hydrogens (tertiary/aromatic N) is 3. The Morgan fingerprint density at radius 1 is 1.38 bits per heavy atom. The number of imidazole rings is 1. The second kappa shape index (κ2) is 6.10. The van der Waals surface area contributed by atoms with E-state index in [0.29, 0.717) is 16.2 Å². The number of hydrogen-bond donors (Lipinski definition) is 1. The van der Waals surface area contributed by atoms with Crippen molar-refractivity contribution in [2.75, 3.05) is 11.8 Å². The van der Waals surface area contributed by atoms with Gasteiger partial charge in [-0.05, 0) is 30.9 Å². The number of fused-ring (bicyclic) bond motifs is 1. The molecule has 3 aromatic heterocycles. The maximum absolute atomic E-state index is 14.4. The average Bonchev–Trinajstić information content (AvgIpc) is 3.35. The number of rotatable bonds is 5. The minimum absolute atomic E-state index is 0.157. The summed E-state index contributed by atoms with van der Waals surface area (Å²) in [6.07, 6.45) is 4.52. The maximum atomic E-state index is 14.4. The molecule has 0 bridgehead atoms. The number of halogens is 2. The zero-order valence-electron chi connectivity index (χ0n) is 13.6. The molecule has 10 heteroatoms. The van der Waals surface area contributed by atoms with E-state index in [9.17, 15) is 12.8 Å². The van der Waals surface area contributed by atoms with Gasteiger partial charge in [0.1, 0.15) is 5.65 Å². The average molecular weight is 397 g/mol. The standard InChI is InChI=1S/C16H14ClFN4O3S/c1-25-16-11(9-2-3-9)7-12(18)15(20-16)21-26(23,24)14-8-19-13-6-10(17)4-5-22(13)14/h4-9H,2-3H2,1H3,(H,20,21). The number of sulfonamides is 1. The van der Waals surface area contributed by atoms with Gasteiger partial charge in [-0.15, -0.1) is 0 Å². The highest BCUT2D eigenvalue weighted by molar-refractivity contribution is 7.92. The van der Waals surface area contributed by atoms with Crippen LogP contribution in [0.4, 0.5) is 10.2 Å². The lowest BCUT2D eigenvalue weighted by Crippen LogP contribution is -2.17. The van der Waals surface area contributed by atoms with Crippen molar-refractivity contribution in [2.24, 2.45) is 0 Å². The third kappa shape index (κ3) is 2.97. The third-order valence-electron chi connectivity index (χ3n) is 4.13. The van der Waals surface area contributed by atoms with E-state index >= 15 is 0 Å². The van der Waals surface area contributed by atoms with Gasteiger partial charge in [0.25, 0.3) is 10.0 Å². The Hall–Kier alpha value is -2.39. The monoisotopic (exact) mass is 396 g/mol. The maximum Gasteiger partial charge on any atom is 0.280 e. The minimum Gasteiger partial charge on any atom is -0.481 e. The van der Waals surface area contributed by atoms with E-state index in [1.54, 1.807) is 0 Å². The van der Waals surface area contributed by atoms with Gasteiger partial charge in [-0.3, -0.25) is 9.12 Å². The molecule has 3 heterocycles. The van der Waals surface area contributed by atoms with E-state index in [1.165, 1.54) is 42.1 Å². The Bertz CT molecular complexity index is 1110. The van der Waals surface area contributed by atoms with Gasteiger partial charge < -0.3 is 4.74 Å². The Morgan fingerprint density at radius 2 is 2.15 bits per heavy atom. The lowest BCUT2D eigenvalue weighted by Gasteiger charge is -2.12. The Kier molecular flexibility index (Phi) is 4.00. The zero-order valence-corrected chi connectivity index (χ0v) is 15.2. The highest BCUT2D eigenvalue weighted by atomic mass is 35.5. The van der Waals surface area contributed by atoms with Crippen molar-refractivity contribution < 1.29 is 17.5 Å². The van der Waals surface area contributed by atoms with Gasteiger partial charge in [0.15, 0.2) is 16.7 Å². The lowest BCUT2D eigenvalue weighted by atomic mass is 10.2. The molecule has 26 heavy (non-hydrogen) atoms. The fourth-order valence-electron chi connectivity index (χ4n) is 2.72. The van der Waals surface area contributed by atoms with Crippen LogP contribution in [-0.4, -0.2) is 29.9 Å². The van der Waals surface area contributed by atoms with E-state index < -0.39 is 21.7 Å². The number of hydrogen-bond acceptors (Lipinski definition) is 5. The number of pyridine rings is 2. The van der Waals surface area contributed by atoms with Crippen molar-refractivity contribution in [2.45, 2.75) is 23.8 Å². The first-order valence-corrected chi connectivity index (χ1v) is 9.65. The molecular formula is C16H14ClFN4O3S. The van der Waals surface area contributed by atoms with Crippen molar-refractivity contribution in [1.82, 2.24) is 14.4 Å². The molecule has 0 radical (unpaired) electrons. The topological polar surface area (TPSA) is 85.6 Å². The molecule has 1 saturated carbocycles. The van der Waals surface area contributed by atoms with Crippen LogP contribution in [-0.2, 0) is 10.0 Å². The van der Waals surface area contributed by atoms with E-state index in [4.69, 9.17) is 16.3 Å². The highest BCUT2D eigenvalue weighted by Crippen LogP contribution is 2.44. The summed E-state index contributed by atoms with van der Waals surface area (Å²) in [4.78, 5) is 8.01. The van der Waals surface area contributed by atoms with Crippen LogP contribution in [0.15, 0.2) is 35.6 Å². The Balaban J connectivity index is 1.73. The Morgan fingerprint density at radius 3 is 2.85 bits per heavy atom. The van der Waals surface area contributed by atoms with Crippen LogP contribution in [0.5, 0.6) is 5.88 Å². The molecule has 1 aliphatic rings. The van der Waals surface area contributed by atoms with Crippen LogP contribution >= 0.6 is 11.6 Å². The molecule has 0 amide bonds. The number of methoxy groups -OCH3 is 1. The van der Waals surface area contributed by atoms with Crippen molar-refractivity contribution in [1.29, 1.82) is 0 Å². The van der Waals surface area contributed by atoms with Gasteiger partial charge in [-0.25, -0.2) is 9.37 Å². The molecular weight excluding hydrogens is 383 g/mol. The summed E-state index contributed by atoms with van der Waals surface area (Å²) in [5, 5.41) is 0.267. The normalized spacial score (nSPS) is 14.6. The molecule has 1 aliphatic carbocycles. The lowest BCUT2D eigenvalue weighted by molar-refractivity contribution is 0.391. The van der Waals surface area contributed by atoms with Crippen LogP contribution < -0.4 is 9.46 Å². The molecule has 1 fully saturated rings. The van der Waals surface area contributed by atoms with Crippen LogP contribution in [0.2, 0.25) is 5.02 Å². The molecule has 0 atom stereocenters. The van der Waals surface area contributed by atoms with Crippen molar-refractivity contribution >= 4 is 33.1 Å². The number of nitrogens with one attached hydrogen (secondary N) is 1. The van der Waals surface area contributed by atoms with Gasteiger partial charge in [0, 0.05) is 22.8 Å². The van der Waals surface area contributed by atoms with Gasteiger partial charge in [0.05, 0.1) is 13.3 Å². The van der Waals surface area contributed by atoms with Gasteiger partial charge in [-0.2, -0.15) is 13.4 Å². The summed E-state index contributed by atoms with van der Waals surface area (Å²) in [6, 6.07) is 4.32. The quantitative estimate of drug-likeness (QED) is 0.715. The van der Waals surface area contributed by atoms with E-state index in [2.05, 4.69) is 14.7 Å². The number of ether oxygens (including phenoxy) is 1. The summed E-state index contributed by atoms with van der Waals surface area (Å²) in [5.74, 6) is -0.749. The van der Waals surface area contributed by atoms with E-state index in [1.807, 2.05) is 0 Å². The molecule has 136 valence electrons. The van der Waals surface area contributed by atoms with Crippen molar-refractivity contribution in [3.63, 3.8) is 0 Å². The van der Waals surface area contributed by atoms with Crippen molar-refractivity contribution in [3.05, 3.63) is 47.0 Å². The fourth-order valence-corrected chi connectivity index (χ4v) is 3.98. The second-order valence-electron chi connectivity index (χ2n) is 5.97. The summed E-state index contributed by atoms with van der Waals surface area (Å²) in [5.41, 5.74) is 1.00. The Labute approximate surface area is 153 Å². The molecule has 0 unspecified atom stereocenters. The van der Waals surface area contributed by atoms with Crippen LogP contribution in [0.1, 0.15) is 24.3 Å². The van der Waals surface area contributed by atoms with Gasteiger partial charge >= 0.3 is 0 Å². The van der Waals surface area contributed by atoms with Crippen LogP contribution in [0.25, 0.3) is 5.65 Å². The first kappa shape index (κ1) is 17.0. The molecule has 0 saturated heterocycles. The van der Waals surface area contributed by atoms with Crippen LogP contribution in [0, 0.1) is 5.82 Å². The zero-order chi connectivity index (χ0) is 18.5. The predicted molar refractivity (Wildman–Crippen MR) is 93.7 cm³/mol. The van der Waals surface area contributed by atoms with Crippen LogP contribution in [0.3, 0.4) is 0 Å². The molecule has 4 rings (SSSR count). The van der Waals surface area contributed by atoms with Gasteiger partial charge in [-0.1, -0.05) is 11.6 Å². The van der Waals surface area contributed by atoms with E-state index in [0.717, 1.165) is 12.8 Å². The largest absolute Gasteiger partial charge is 0.481 e. The molecule has 0 aromatic carbocycles. The molecule has 0 aliphatic heterocycles. The number of aromatic nitrogens is 3. The first-order chi connectivity index (χ1) is 12.4. The third-order valence-corrected chi connectivity index (χ3v) is 5.68. The summed E-state index contributed by atoms with van der Waals surface area (Å²) < 4.78 is 48.5. The fraction of sp³-hybridized carbons (Fsp3) is 0.250. The van der Waals surface area contributed by atoms with Crippen molar-refractivity contribution in [3.8, 4) is 5.88 Å². The summed E-state index contributed by atoms with van der Waals surface area (Å²) in [6.45, 7) is 0. The predicted octanol–water partition coefficient (Wildman–Crippen LogP) is 3.21. The minimum atomic E-state index is -4.13. The molecule has 3 aromatic rings. The second-order valence-corrected chi connectivity index (χ2v) is 8.03. The summed E-state index contributed by atoms with van der Waals surface area (Å²) in [7, 11) is -2.71. The smallest absolute Gasteiger partial charge is 0.280 e. The first-order valence-electron chi connectivity index (χ1n) is 7.79. The molecule has 0 spiro atoms. The molecule has 7 nitrogen and oxygen atoms in total. The highest BCUT2D eigenvalue weighted by Gasteiger charge is 2.30. The molecule has 1 N–H and O–H groups in total. The van der Waals surface area contributed by atoms with Gasteiger partial charge in [0.2, 0.25) is 5.88 Å².